The Balaban J connectivity index is 3.38. The van der Waals surface area contributed by atoms with E-state index in [-0.39, 0.29) is 23.7 Å². The Labute approximate surface area is 188 Å². The molecule has 0 saturated heterocycles. The highest BCUT2D eigenvalue weighted by molar-refractivity contribution is 5.73. The van der Waals surface area contributed by atoms with Gasteiger partial charge in [-0.05, 0) is 54.4 Å². The third-order valence-corrected chi connectivity index (χ3v) is 5.38. The van der Waals surface area contributed by atoms with Crippen molar-refractivity contribution in [3.8, 4) is 0 Å². The number of benzene rings is 1. The first-order valence-electron chi connectivity index (χ1n) is 11.4. The molecule has 0 N–H and O–H groups in total. The minimum Gasteiger partial charge on any atom is -0.490 e. The fourth-order valence-corrected chi connectivity index (χ4v) is 3.40. The molecule has 0 heterocycles. The molecule has 3 nitrogen and oxygen atoms in total. The van der Waals surface area contributed by atoms with Gasteiger partial charge >= 0.3 is 5.97 Å². The first-order chi connectivity index (χ1) is 14.4. The molecule has 0 aromatic heterocycles. The van der Waals surface area contributed by atoms with Crippen LogP contribution in [0.4, 0.5) is 4.39 Å². The van der Waals surface area contributed by atoms with Gasteiger partial charge < -0.3 is 9.47 Å². The van der Waals surface area contributed by atoms with Crippen molar-refractivity contribution in [2.24, 2.45) is 5.92 Å². The highest BCUT2D eigenvalue weighted by Crippen LogP contribution is 2.37. The summed E-state index contributed by atoms with van der Waals surface area (Å²) >= 11 is 0. The number of halogens is 1. The largest absolute Gasteiger partial charge is 0.490 e. The van der Waals surface area contributed by atoms with Crippen LogP contribution in [-0.4, -0.2) is 12.6 Å². The maximum Gasteiger partial charge on any atom is 0.313 e. The number of hydrogen-bond acceptors (Lipinski definition) is 3. The predicted octanol–water partition coefficient (Wildman–Crippen LogP) is 8.09. The molecule has 0 spiro atoms. The Kier molecular flexibility index (Phi) is 10.5. The number of carbonyl (C=O) groups is 1. The maximum absolute atomic E-state index is 14.3. The molecule has 1 aromatic carbocycles. The molecule has 1 unspecified atom stereocenters. The molecule has 31 heavy (non-hydrogen) atoms. The second-order valence-corrected chi connectivity index (χ2v) is 9.39. The minimum atomic E-state index is -0.718. The number of allylic oxidation sites excluding steroid dienone is 2. The van der Waals surface area contributed by atoms with Gasteiger partial charge in [-0.2, -0.15) is 0 Å². The van der Waals surface area contributed by atoms with Gasteiger partial charge in [0.2, 0.25) is 0 Å². The first kappa shape index (κ1) is 26.9. The number of esters is 1. The van der Waals surface area contributed by atoms with E-state index in [0.29, 0.717) is 17.3 Å². The van der Waals surface area contributed by atoms with E-state index < -0.39 is 12.8 Å². The molecule has 0 aliphatic rings. The third-order valence-electron chi connectivity index (χ3n) is 5.38. The summed E-state index contributed by atoms with van der Waals surface area (Å²) in [6, 6.07) is 4.39. The molecule has 4 heteroatoms. The zero-order valence-electron chi connectivity index (χ0n) is 21.0. The Hall–Kier alpha value is -2.10. The second-order valence-electron chi connectivity index (χ2n) is 9.39. The van der Waals surface area contributed by atoms with E-state index in [1.54, 1.807) is 33.8 Å². The average molecular weight is 433 g/mol. The topological polar surface area (TPSA) is 35.5 Å². The van der Waals surface area contributed by atoms with Gasteiger partial charge in [-0.15, -0.1) is 0 Å². The van der Waals surface area contributed by atoms with Crippen molar-refractivity contribution in [1.29, 1.82) is 0 Å². The van der Waals surface area contributed by atoms with Gasteiger partial charge in [0.1, 0.15) is 12.4 Å². The molecule has 0 aliphatic carbocycles. The zero-order valence-corrected chi connectivity index (χ0v) is 21.0. The van der Waals surface area contributed by atoms with Crippen molar-refractivity contribution < 1.29 is 18.7 Å². The van der Waals surface area contributed by atoms with Crippen molar-refractivity contribution in [3.05, 3.63) is 58.1 Å². The van der Waals surface area contributed by atoms with Crippen molar-refractivity contribution >= 4 is 5.97 Å². The molecule has 0 fully saturated rings. The molecule has 174 valence electrons. The van der Waals surface area contributed by atoms with Crippen LogP contribution in [0.5, 0.6) is 0 Å². The van der Waals surface area contributed by atoms with Gasteiger partial charge in [-0.3, -0.25) is 4.79 Å². The van der Waals surface area contributed by atoms with Crippen LogP contribution in [0.3, 0.4) is 0 Å². The van der Waals surface area contributed by atoms with Gasteiger partial charge in [0, 0.05) is 11.1 Å². The van der Waals surface area contributed by atoms with E-state index in [9.17, 15) is 9.18 Å². The van der Waals surface area contributed by atoms with Crippen LogP contribution in [0.2, 0.25) is 0 Å². The quantitative estimate of drug-likeness (QED) is 0.213. The standard InChI is InChI=1S/C27H41FO3/c1-11-24(31-27(29)19(8)9)20(10)15-30-25(14-28)26-22(17(4)5)12-21(16(2)3)13-23(26)18(6)7/h11-13,15-19,25H,14H2,1-10H3/b20-15+,24-11-. The molecule has 0 radical (unpaired) electrons. The lowest BCUT2D eigenvalue weighted by Gasteiger charge is -2.27. The molecule has 0 saturated carbocycles. The van der Waals surface area contributed by atoms with Crippen molar-refractivity contribution in [3.63, 3.8) is 0 Å². The van der Waals surface area contributed by atoms with Crippen LogP contribution in [0, 0.1) is 5.92 Å². The van der Waals surface area contributed by atoms with Gasteiger partial charge in [0.05, 0.1) is 12.2 Å². The average Bonchev–Trinajstić information content (AvgIpc) is 2.70. The third kappa shape index (κ3) is 7.22. The highest BCUT2D eigenvalue weighted by atomic mass is 19.1. The normalized spacial score (nSPS) is 14.0. The van der Waals surface area contributed by atoms with Crippen molar-refractivity contribution in [1.82, 2.24) is 0 Å². The zero-order chi connectivity index (χ0) is 23.9. The van der Waals surface area contributed by atoms with Crippen LogP contribution < -0.4 is 0 Å². The Morgan fingerprint density at radius 3 is 1.84 bits per heavy atom. The summed E-state index contributed by atoms with van der Waals surface area (Å²) < 4.78 is 25.7. The van der Waals surface area contributed by atoms with E-state index in [2.05, 4.69) is 53.7 Å². The summed E-state index contributed by atoms with van der Waals surface area (Å²) in [6.45, 7) is 19.4. The second kappa shape index (κ2) is 12.1. The summed E-state index contributed by atoms with van der Waals surface area (Å²) in [5, 5.41) is 0. The van der Waals surface area contributed by atoms with Crippen molar-refractivity contribution in [2.75, 3.05) is 6.67 Å². The van der Waals surface area contributed by atoms with Crippen LogP contribution in [0.1, 0.15) is 115 Å². The van der Waals surface area contributed by atoms with E-state index in [4.69, 9.17) is 9.47 Å². The van der Waals surface area contributed by atoms with Gasteiger partial charge in [-0.1, -0.05) is 67.5 Å². The summed E-state index contributed by atoms with van der Waals surface area (Å²) in [6.07, 6.45) is 2.51. The van der Waals surface area contributed by atoms with Crippen LogP contribution >= 0.6 is 0 Å². The van der Waals surface area contributed by atoms with Gasteiger partial charge in [0.25, 0.3) is 0 Å². The molecule has 0 amide bonds. The molecular weight excluding hydrogens is 391 g/mol. The van der Waals surface area contributed by atoms with Crippen LogP contribution in [0.25, 0.3) is 0 Å². The van der Waals surface area contributed by atoms with E-state index in [1.807, 2.05) is 0 Å². The summed E-state index contributed by atoms with van der Waals surface area (Å²) in [7, 11) is 0. The fourth-order valence-electron chi connectivity index (χ4n) is 3.40. The van der Waals surface area contributed by atoms with Gasteiger partial charge in [-0.25, -0.2) is 4.39 Å². The van der Waals surface area contributed by atoms with E-state index in [0.717, 1.165) is 16.7 Å². The Morgan fingerprint density at radius 2 is 1.48 bits per heavy atom. The Morgan fingerprint density at radius 1 is 0.968 bits per heavy atom. The monoisotopic (exact) mass is 432 g/mol. The summed E-state index contributed by atoms with van der Waals surface area (Å²) in [5.74, 6) is 0.766. The van der Waals surface area contributed by atoms with Crippen LogP contribution in [-0.2, 0) is 14.3 Å². The van der Waals surface area contributed by atoms with Crippen molar-refractivity contribution in [2.45, 2.75) is 93.1 Å². The highest BCUT2D eigenvalue weighted by Gasteiger charge is 2.25. The maximum atomic E-state index is 14.3. The lowest BCUT2D eigenvalue weighted by Crippen LogP contribution is -2.14. The SMILES string of the molecule is C/C=C(OC(=O)C(C)C)/C(C)=C/OC(CF)c1c(C(C)C)cc(C(C)C)cc1C(C)C. The lowest BCUT2D eigenvalue weighted by atomic mass is 9.82. The minimum absolute atomic E-state index is 0.232. The Bertz CT molecular complexity index is 772. The predicted molar refractivity (Wildman–Crippen MR) is 127 cm³/mol. The van der Waals surface area contributed by atoms with Gasteiger partial charge in [0.15, 0.2) is 6.10 Å². The smallest absolute Gasteiger partial charge is 0.313 e. The first-order valence-corrected chi connectivity index (χ1v) is 11.4. The fraction of sp³-hybridized carbons (Fsp3) is 0.593. The number of ether oxygens (including phenoxy) is 2. The summed E-state index contributed by atoms with van der Waals surface area (Å²) in [5.41, 5.74) is 5.09. The van der Waals surface area contributed by atoms with E-state index >= 15 is 0 Å². The molecule has 0 aliphatic heterocycles. The molecule has 1 aromatic rings. The molecular formula is C27H41FO3. The number of carbonyl (C=O) groups excluding carboxylic acids is 1. The number of rotatable bonds is 10. The molecule has 0 bridgehead atoms. The summed E-state index contributed by atoms with van der Waals surface area (Å²) in [4.78, 5) is 12.0. The molecule has 1 rings (SSSR count). The number of hydrogen-bond donors (Lipinski definition) is 0. The van der Waals surface area contributed by atoms with E-state index in [1.165, 1.54) is 11.8 Å². The van der Waals surface area contributed by atoms with Crippen LogP contribution in [0.15, 0.2) is 35.8 Å². The molecule has 1 atom stereocenters. The number of alkyl halides is 1. The lowest BCUT2D eigenvalue weighted by molar-refractivity contribution is -0.142.